The Hall–Kier alpha value is -2.38. The smallest absolute Gasteiger partial charge is 0.261 e. The van der Waals surface area contributed by atoms with E-state index in [0.29, 0.717) is 9.90 Å². The number of hydrogen-bond acceptors (Lipinski definition) is 4. The monoisotopic (exact) mass is 362 g/mol. The maximum atomic E-state index is 12.2. The molecule has 0 saturated carbocycles. The number of carbonyl (C=O) groups is 2. The van der Waals surface area contributed by atoms with Crippen LogP contribution in [0.25, 0.3) is 15.9 Å². The Labute approximate surface area is 147 Å². The number of amides is 2. The number of nitrogens with zero attached hydrogens (tertiary/aromatic N) is 2. The molecule has 2 heterocycles. The minimum atomic E-state index is -0.276. The molecule has 0 radical (unpaired) electrons. The third kappa shape index (κ3) is 3.13. The van der Waals surface area contributed by atoms with E-state index in [-0.39, 0.29) is 18.4 Å². The van der Waals surface area contributed by atoms with Gasteiger partial charge in [-0.1, -0.05) is 11.6 Å². The van der Waals surface area contributed by atoms with Gasteiger partial charge in [0.25, 0.3) is 5.91 Å². The van der Waals surface area contributed by atoms with Crippen LogP contribution in [0.4, 0.5) is 0 Å². The Morgan fingerprint density at radius 2 is 2.00 bits per heavy atom. The fraction of sp³-hybridized carbons (Fsp3) is 0.188. The average molecular weight is 363 g/mol. The summed E-state index contributed by atoms with van der Waals surface area (Å²) in [6, 6.07) is 9.14. The Morgan fingerprint density at radius 1 is 1.29 bits per heavy atom. The number of carbonyl (C=O) groups excluding carboxylic acids is 2. The normalized spacial score (nSPS) is 10.8. The summed E-state index contributed by atoms with van der Waals surface area (Å²) in [5.41, 5.74) is 1.71. The maximum Gasteiger partial charge on any atom is 0.261 e. The number of aromatic nitrogens is 2. The highest BCUT2D eigenvalue weighted by molar-refractivity contribution is 7.20. The number of benzene rings is 1. The van der Waals surface area contributed by atoms with Gasteiger partial charge in [0.15, 0.2) is 0 Å². The Balaban J connectivity index is 1.94. The number of hydrogen-bond donors (Lipinski definition) is 2. The zero-order valence-corrected chi connectivity index (χ0v) is 14.7. The lowest BCUT2D eigenvalue weighted by molar-refractivity contribution is -0.119. The molecule has 6 nitrogen and oxygen atoms in total. The fourth-order valence-electron chi connectivity index (χ4n) is 2.25. The van der Waals surface area contributed by atoms with Crippen LogP contribution < -0.4 is 10.6 Å². The molecule has 3 aromatic rings. The quantitative estimate of drug-likeness (QED) is 0.748. The lowest BCUT2D eigenvalue weighted by Crippen LogP contribution is -2.34. The molecule has 0 aliphatic rings. The van der Waals surface area contributed by atoms with Crippen molar-refractivity contribution < 1.29 is 9.59 Å². The Bertz CT molecular complexity index is 914. The number of rotatable bonds is 4. The summed E-state index contributed by atoms with van der Waals surface area (Å²) >= 11 is 7.26. The van der Waals surface area contributed by atoms with E-state index in [1.54, 1.807) is 22.9 Å². The molecule has 0 bridgehead atoms. The zero-order valence-electron chi connectivity index (χ0n) is 13.1. The summed E-state index contributed by atoms with van der Waals surface area (Å²) in [5.74, 6) is -0.519. The number of likely N-dealkylation sites (N-methyl/N-ethyl adjacent to an activating group) is 1. The molecule has 0 aliphatic heterocycles. The Kier molecular flexibility index (Phi) is 4.55. The standard InChI is InChI=1S/C16H15ClN4O2S/c1-9-12-7-13(15(23)19-8-14(22)18-2)24-16(12)21(20-9)11-5-3-10(17)4-6-11/h3-7H,8H2,1-2H3,(H,18,22)(H,19,23). The lowest BCUT2D eigenvalue weighted by atomic mass is 10.3. The number of nitrogens with one attached hydrogen (secondary N) is 2. The van der Waals surface area contributed by atoms with Gasteiger partial charge in [0.05, 0.1) is 22.8 Å². The van der Waals surface area contributed by atoms with Crippen molar-refractivity contribution in [2.45, 2.75) is 6.92 Å². The first kappa shape index (κ1) is 16.5. The topological polar surface area (TPSA) is 76.0 Å². The number of halogens is 1. The molecule has 0 fully saturated rings. The third-order valence-electron chi connectivity index (χ3n) is 3.53. The third-order valence-corrected chi connectivity index (χ3v) is 4.89. The van der Waals surface area contributed by atoms with Gasteiger partial charge >= 0.3 is 0 Å². The van der Waals surface area contributed by atoms with E-state index in [4.69, 9.17) is 11.6 Å². The molecular formula is C16H15ClN4O2S. The van der Waals surface area contributed by atoms with Crippen molar-refractivity contribution in [1.82, 2.24) is 20.4 Å². The van der Waals surface area contributed by atoms with Crippen LogP contribution in [0.1, 0.15) is 15.4 Å². The second-order valence-electron chi connectivity index (χ2n) is 5.16. The van der Waals surface area contributed by atoms with E-state index in [9.17, 15) is 9.59 Å². The summed E-state index contributed by atoms with van der Waals surface area (Å²) in [6.45, 7) is 1.85. The van der Waals surface area contributed by atoms with Crippen LogP contribution in [0.5, 0.6) is 0 Å². The summed E-state index contributed by atoms with van der Waals surface area (Å²) in [6.07, 6.45) is 0. The van der Waals surface area contributed by atoms with Crippen LogP contribution in [0.2, 0.25) is 5.02 Å². The second kappa shape index (κ2) is 6.62. The summed E-state index contributed by atoms with van der Waals surface area (Å²) in [4.78, 5) is 24.9. The van der Waals surface area contributed by atoms with E-state index in [2.05, 4.69) is 15.7 Å². The molecule has 0 saturated heterocycles. The van der Waals surface area contributed by atoms with E-state index in [1.165, 1.54) is 18.4 Å². The highest BCUT2D eigenvalue weighted by Crippen LogP contribution is 2.30. The van der Waals surface area contributed by atoms with Crippen molar-refractivity contribution in [3.63, 3.8) is 0 Å². The highest BCUT2D eigenvalue weighted by Gasteiger charge is 2.17. The molecular weight excluding hydrogens is 348 g/mol. The molecule has 1 aromatic carbocycles. The van der Waals surface area contributed by atoms with Gasteiger partial charge < -0.3 is 10.6 Å². The van der Waals surface area contributed by atoms with Gasteiger partial charge in [0.2, 0.25) is 5.91 Å². The zero-order chi connectivity index (χ0) is 17.3. The number of aryl methyl sites for hydroxylation is 1. The van der Waals surface area contributed by atoms with Crippen molar-refractivity contribution in [2.75, 3.05) is 13.6 Å². The first-order chi connectivity index (χ1) is 11.5. The van der Waals surface area contributed by atoms with Gasteiger partial charge in [-0.05, 0) is 37.3 Å². The highest BCUT2D eigenvalue weighted by atomic mass is 35.5. The van der Waals surface area contributed by atoms with Gasteiger partial charge in [0.1, 0.15) is 4.83 Å². The van der Waals surface area contributed by atoms with E-state index >= 15 is 0 Å². The van der Waals surface area contributed by atoms with Crippen LogP contribution in [0.15, 0.2) is 30.3 Å². The SMILES string of the molecule is CNC(=O)CNC(=O)c1cc2c(C)nn(-c3ccc(Cl)cc3)c2s1. The molecule has 2 aromatic heterocycles. The minimum absolute atomic E-state index is 0.0497. The predicted molar refractivity (Wildman–Crippen MR) is 95.1 cm³/mol. The van der Waals surface area contributed by atoms with E-state index in [1.807, 2.05) is 19.1 Å². The van der Waals surface area contributed by atoms with Crippen LogP contribution in [-0.4, -0.2) is 35.2 Å². The van der Waals surface area contributed by atoms with Crippen molar-refractivity contribution in [2.24, 2.45) is 0 Å². The Morgan fingerprint density at radius 3 is 2.67 bits per heavy atom. The number of thiophene rings is 1. The van der Waals surface area contributed by atoms with Crippen LogP contribution in [0.3, 0.4) is 0 Å². The van der Waals surface area contributed by atoms with Gasteiger partial charge in [0, 0.05) is 17.5 Å². The molecule has 124 valence electrons. The van der Waals surface area contributed by atoms with Crippen LogP contribution >= 0.6 is 22.9 Å². The van der Waals surface area contributed by atoms with Crippen molar-refractivity contribution in [3.8, 4) is 5.69 Å². The molecule has 2 N–H and O–H groups in total. The van der Waals surface area contributed by atoms with Crippen molar-refractivity contribution in [3.05, 3.63) is 45.9 Å². The lowest BCUT2D eigenvalue weighted by Gasteiger charge is -2.03. The molecule has 2 amide bonds. The molecule has 0 aliphatic carbocycles. The number of fused-ring (bicyclic) bond motifs is 1. The van der Waals surface area contributed by atoms with Crippen LogP contribution in [0, 0.1) is 6.92 Å². The first-order valence-electron chi connectivity index (χ1n) is 7.23. The molecule has 0 atom stereocenters. The van der Waals surface area contributed by atoms with Crippen molar-refractivity contribution >= 4 is 45.0 Å². The summed E-state index contributed by atoms with van der Waals surface area (Å²) in [5, 5.41) is 11.2. The van der Waals surface area contributed by atoms with Gasteiger partial charge in [-0.2, -0.15) is 5.10 Å². The van der Waals surface area contributed by atoms with Gasteiger partial charge in [-0.15, -0.1) is 11.3 Å². The summed E-state index contributed by atoms with van der Waals surface area (Å²) in [7, 11) is 1.53. The van der Waals surface area contributed by atoms with Gasteiger partial charge in [-0.25, -0.2) is 4.68 Å². The molecule has 8 heteroatoms. The average Bonchev–Trinajstić information content (AvgIpc) is 3.14. The fourth-order valence-corrected chi connectivity index (χ4v) is 3.48. The first-order valence-corrected chi connectivity index (χ1v) is 8.43. The van der Waals surface area contributed by atoms with E-state index < -0.39 is 0 Å². The molecule has 0 unspecified atom stereocenters. The van der Waals surface area contributed by atoms with Gasteiger partial charge in [-0.3, -0.25) is 9.59 Å². The second-order valence-corrected chi connectivity index (χ2v) is 6.63. The van der Waals surface area contributed by atoms with Crippen LogP contribution in [-0.2, 0) is 4.79 Å². The summed E-state index contributed by atoms with van der Waals surface area (Å²) < 4.78 is 1.79. The largest absolute Gasteiger partial charge is 0.358 e. The molecule has 3 rings (SSSR count). The molecule has 0 spiro atoms. The maximum absolute atomic E-state index is 12.2. The van der Waals surface area contributed by atoms with E-state index in [0.717, 1.165) is 21.6 Å². The van der Waals surface area contributed by atoms with Crippen molar-refractivity contribution in [1.29, 1.82) is 0 Å². The minimum Gasteiger partial charge on any atom is -0.358 e. The predicted octanol–water partition coefficient (Wildman–Crippen LogP) is 2.52. The molecule has 24 heavy (non-hydrogen) atoms.